The molecule has 2 unspecified atom stereocenters. The summed E-state index contributed by atoms with van der Waals surface area (Å²) in [7, 11) is 0. The highest BCUT2D eigenvalue weighted by atomic mass is 79.9. The van der Waals surface area contributed by atoms with Crippen LogP contribution in [-0.2, 0) is 16.0 Å². The Bertz CT molecular complexity index is 895. The largest absolute Gasteiger partial charge is 0.355 e. The van der Waals surface area contributed by atoms with E-state index in [1.165, 1.54) is 5.56 Å². The number of carbonyl (C=O) groups is 2. The van der Waals surface area contributed by atoms with Crippen LogP contribution in [0.1, 0.15) is 29.0 Å². The lowest BCUT2D eigenvalue weighted by molar-refractivity contribution is -0.133. The zero-order valence-electron chi connectivity index (χ0n) is 14.0. The molecule has 2 amide bonds. The van der Waals surface area contributed by atoms with Crippen molar-refractivity contribution in [1.29, 1.82) is 0 Å². The van der Waals surface area contributed by atoms with E-state index in [4.69, 9.17) is 0 Å². The van der Waals surface area contributed by atoms with Crippen LogP contribution < -0.4 is 10.7 Å². The first-order chi connectivity index (χ1) is 12.6. The molecule has 132 valence electrons. The Balaban J connectivity index is 1.52. The van der Waals surface area contributed by atoms with Crippen molar-refractivity contribution < 1.29 is 9.59 Å². The first kappa shape index (κ1) is 17.0. The van der Waals surface area contributed by atoms with E-state index in [0.717, 1.165) is 34.2 Å². The number of fused-ring (bicyclic) bond motifs is 1. The number of carbonyl (C=O) groups excluding carboxylic acids is 2. The van der Waals surface area contributed by atoms with Crippen molar-refractivity contribution in [3.63, 3.8) is 0 Å². The topological polar surface area (TPSA) is 70.6 Å². The van der Waals surface area contributed by atoms with Gasteiger partial charge in [-0.3, -0.25) is 9.59 Å². The van der Waals surface area contributed by atoms with Crippen LogP contribution in [0.3, 0.4) is 0 Å². The van der Waals surface area contributed by atoms with E-state index in [9.17, 15) is 9.59 Å². The third kappa shape index (κ3) is 3.17. The monoisotopic (exact) mass is 411 g/mol. The van der Waals surface area contributed by atoms with Crippen molar-refractivity contribution in [3.05, 3.63) is 69.7 Å². The maximum absolute atomic E-state index is 12.7. The van der Waals surface area contributed by atoms with Crippen LogP contribution in [0.5, 0.6) is 0 Å². The van der Waals surface area contributed by atoms with Gasteiger partial charge in [0.1, 0.15) is 5.92 Å². The Labute approximate surface area is 160 Å². The number of hydrogen-bond donors (Lipinski definition) is 2. The molecule has 0 spiro atoms. The number of hydrazone groups is 1. The molecule has 2 atom stereocenters. The highest BCUT2D eigenvalue weighted by molar-refractivity contribution is 9.10. The molecular weight excluding hydrogens is 394 g/mol. The van der Waals surface area contributed by atoms with Crippen LogP contribution in [0.15, 0.2) is 58.1 Å². The maximum Gasteiger partial charge on any atom is 0.253 e. The third-order valence-electron chi connectivity index (χ3n) is 5.00. The second-order valence-electron chi connectivity index (χ2n) is 6.58. The number of nitrogens with zero attached hydrogens (tertiary/aromatic N) is 1. The van der Waals surface area contributed by atoms with Gasteiger partial charge in [0, 0.05) is 22.5 Å². The number of halogens is 1. The quantitative estimate of drug-likeness (QED) is 0.601. The molecular formula is C20H18BrN3O2. The van der Waals surface area contributed by atoms with E-state index >= 15 is 0 Å². The molecule has 2 N–H and O–H groups in total. The molecule has 0 saturated carbocycles. The van der Waals surface area contributed by atoms with Gasteiger partial charge in [-0.15, -0.1) is 0 Å². The van der Waals surface area contributed by atoms with Gasteiger partial charge >= 0.3 is 0 Å². The lowest BCUT2D eigenvalue weighted by Gasteiger charge is -2.15. The van der Waals surface area contributed by atoms with Crippen molar-refractivity contribution in [3.8, 4) is 0 Å². The van der Waals surface area contributed by atoms with Gasteiger partial charge in [0.15, 0.2) is 0 Å². The molecule has 1 saturated heterocycles. The molecule has 5 nitrogen and oxygen atoms in total. The normalized spacial score (nSPS) is 23.0. The Morgan fingerprint density at radius 3 is 2.77 bits per heavy atom. The third-order valence-corrected chi connectivity index (χ3v) is 5.49. The van der Waals surface area contributed by atoms with Crippen molar-refractivity contribution in [2.24, 2.45) is 11.0 Å². The minimum absolute atomic E-state index is 0.171. The summed E-state index contributed by atoms with van der Waals surface area (Å²) in [5.41, 5.74) is 6.74. The van der Waals surface area contributed by atoms with E-state index in [1.54, 1.807) is 0 Å². The van der Waals surface area contributed by atoms with Crippen LogP contribution >= 0.6 is 15.9 Å². The zero-order valence-corrected chi connectivity index (χ0v) is 15.6. The summed E-state index contributed by atoms with van der Waals surface area (Å²) in [6, 6.07) is 15.7. The minimum Gasteiger partial charge on any atom is -0.355 e. The van der Waals surface area contributed by atoms with Gasteiger partial charge in [0.2, 0.25) is 5.91 Å². The van der Waals surface area contributed by atoms with E-state index in [0.29, 0.717) is 6.54 Å². The summed E-state index contributed by atoms with van der Waals surface area (Å²) < 4.78 is 1.04. The predicted molar refractivity (Wildman–Crippen MR) is 103 cm³/mol. The van der Waals surface area contributed by atoms with Crippen molar-refractivity contribution in [2.75, 3.05) is 6.54 Å². The molecule has 2 aromatic rings. The van der Waals surface area contributed by atoms with Crippen LogP contribution in [-0.4, -0.2) is 24.1 Å². The van der Waals surface area contributed by atoms with Gasteiger partial charge in [-0.25, -0.2) is 5.43 Å². The summed E-state index contributed by atoms with van der Waals surface area (Å²) in [5.74, 6) is -1.53. The van der Waals surface area contributed by atoms with Gasteiger partial charge in [0.05, 0.1) is 5.71 Å². The Kier molecular flexibility index (Phi) is 4.59. The molecule has 0 bridgehead atoms. The van der Waals surface area contributed by atoms with Gasteiger partial charge in [-0.2, -0.15) is 5.10 Å². The second-order valence-corrected chi connectivity index (χ2v) is 7.49. The average molecular weight is 412 g/mol. The number of hydrogen-bond acceptors (Lipinski definition) is 3. The SMILES string of the molecule is O=C1NCC(c2ccccc2)C1C(=O)N/N=C1\CCc2cc(Br)ccc21. The van der Waals surface area contributed by atoms with E-state index < -0.39 is 5.92 Å². The first-order valence-electron chi connectivity index (χ1n) is 8.61. The number of amides is 2. The highest BCUT2D eigenvalue weighted by Gasteiger charge is 2.41. The Morgan fingerprint density at radius 1 is 1.15 bits per heavy atom. The number of rotatable bonds is 3. The smallest absolute Gasteiger partial charge is 0.253 e. The molecule has 0 aromatic heterocycles. The fourth-order valence-corrected chi connectivity index (χ4v) is 4.09. The van der Waals surface area contributed by atoms with Crippen molar-refractivity contribution >= 4 is 33.5 Å². The summed E-state index contributed by atoms with van der Waals surface area (Å²) in [6.07, 6.45) is 1.69. The number of nitrogens with one attached hydrogen (secondary N) is 2. The van der Waals surface area contributed by atoms with Crippen molar-refractivity contribution in [2.45, 2.75) is 18.8 Å². The minimum atomic E-state index is -0.757. The molecule has 2 aromatic carbocycles. The summed E-state index contributed by atoms with van der Waals surface area (Å²) in [4.78, 5) is 24.9. The van der Waals surface area contributed by atoms with E-state index in [2.05, 4.69) is 37.8 Å². The van der Waals surface area contributed by atoms with Gasteiger partial charge < -0.3 is 5.32 Å². The lowest BCUT2D eigenvalue weighted by atomic mass is 9.88. The molecule has 1 aliphatic carbocycles. The zero-order chi connectivity index (χ0) is 18.1. The molecule has 2 aliphatic rings. The van der Waals surface area contributed by atoms with E-state index in [-0.39, 0.29) is 17.7 Å². The number of benzene rings is 2. The molecule has 1 fully saturated rings. The van der Waals surface area contributed by atoms with Crippen LogP contribution in [0.4, 0.5) is 0 Å². The van der Waals surface area contributed by atoms with Crippen molar-refractivity contribution in [1.82, 2.24) is 10.7 Å². The average Bonchev–Trinajstić information content (AvgIpc) is 3.23. The molecule has 1 aliphatic heterocycles. The lowest BCUT2D eigenvalue weighted by Crippen LogP contribution is -2.35. The van der Waals surface area contributed by atoms with Gasteiger partial charge in [-0.05, 0) is 36.1 Å². The Hall–Kier alpha value is -2.47. The summed E-state index contributed by atoms with van der Waals surface area (Å²) in [6.45, 7) is 0.467. The fraction of sp³-hybridized carbons (Fsp3) is 0.250. The number of aryl methyl sites for hydroxylation is 1. The maximum atomic E-state index is 12.7. The molecule has 26 heavy (non-hydrogen) atoms. The van der Waals surface area contributed by atoms with Crippen LogP contribution in [0, 0.1) is 5.92 Å². The summed E-state index contributed by atoms with van der Waals surface area (Å²) >= 11 is 3.47. The summed E-state index contributed by atoms with van der Waals surface area (Å²) in [5, 5.41) is 7.12. The first-order valence-corrected chi connectivity index (χ1v) is 9.40. The molecule has 0 radical (unpaired) electrons. The molecule has 4 rings (SSSR count). The van der Waals surface area contributed by atoms with Crippen LogP contribution in [0.2, 0.25) is 0 Å². The van der Waals surface area contributed by atoms with Gasteiger partial charge in [-0.1, -0.05) is 52.3 Å². The Morgan fingerprint density at radius 2 is 1.96 bits per heavy atom. The molecule has 1 heterocycles. The highest BCUT2D eigenvalue weighted by Crippen LogP contribution is 2.29. The van der Waals surface area contributed by atoms with E-state index in [1.807, 2.05) is 42.5 Å². The fourth-order valence-electron chi connectivity index (χ4n) is 3.68. The van der Waals surface area contributed by atoms with Crippen LogP contribution in [0.25, 0.3) is 0 Å². The second kappa shape index (κ2) is 7.03. The van der Waals surface area contributed by atoms with Gasteiger partial charge in [0.25, 0.3) is 5.91 Å². The predicted octanol–water partition coefficient (Wildman–Crippen LogP) is 2.75. The standard InChI is InChI=1S/C20H18BrN3O2/c21-14-7-8-15-13(10-14)6-9-17(15)23-24-20(26)18-16(11-22-19(18)25)12-4-2-1-3-5-12/h1-5,7-8,10,16,18H,6,9,11H2,(H,22,25)(H,24,26)/b23-17+. The molecule has 6 heteroatoms.